The van der Waals surface area contributed by atoms with Crippen molar-refractivity contribution in [3.63, 3.8) is 0 Å². The van der Waals surface area contributed by atoms with Crippen LogP contribution in [0.15, 0.2) is 11.1 Å². The highest BCUT2D eigenvalue weighted by Gasteiger charge is 2.32. The van der Waals surface area contributed by atoms with Gasteiger partial charge >= 0.3 is 0 Å². The van der Waals surface area contributed by atoms with E-state index in [9.17, 15) is 5.11 Å². The summed E-state index contributed by atoms with van der Waals surface area (Å²) < 4.78 is 0. The van der Waals surface area contributed by atoms with Gasteiger partial charge in [0.05, 0.1) is 6.10 Å². The van der Waals surface area contributed by atoms with Crippen LogP contribution in [0.1, 0.15) is 51.4 Å². The van der Waals surface area contributed by atoms with Crippen molar-refractivity contribution in [1.29, 1.82) is 0 Å². The summed E-state index contributed by atoms with van der Waals surface area (Å²) in [6.07, 6.45) is 9.88. The lowest BCUT2D eigenvalue weighted by Gasteiger charge is -2.32. The molecule has 2 nitrogen and oxygen atoms in total. The normalized spacial score (nSPS) is 36.6. The fourth-order valence-electron chi connectivity index (χ4n) is 3.71. The first-order valence-electron chi connectivity index (χ1n) is 6.95. The van der Waals surface area contributed by atoms with Crippen molar-refractivity contribution >= 4 is 0 Å². The van der Waals surface area contributed by atoms with Crippen LogP contribution in [0.5, 0.6) is 0 Å². The summed E-state index contributed by atoms with van der Waals surface area (Å²) in [4.78, 5) is 2.70. The number of rotatable bonds is 1. The highest BCUT2D eigenvalue weighted by Crippen LogP contribution is 2.39. The van der Waals surface area contributed by atoms with Crippen LogP contribution >= 0.6 is 0 Å². The Morgan fingerprint density at radius 2 is 1.69 bits per heavy atom. The monoisotopic (exact) mass is 221 g/mol. The van der Waals surface area contributed by atoms with Gasteiger partial charge in [-0.15, -0.1) is 0 Å². The van der Waals surface area contributed by atoms with Crippen LogP contribution < -0.4 is 0 Å². The SMILES string of the molecule is OC1CCC2=C(C1)CC(N1CCCCC1)C2. The number of likely N-dealkylation sites (tertiary alicyclic amines) is 1. The Kier molecular flexibility index (Phi) is 3.03. The van der Waals surface area contributed by atoms with Crippen LogP contribution in [0.3, 0.4) is 0 Å². The number of hydrogen-bond acceptors (Lipinski definition) is 2. The molecule has 2 aliphatic carbocycles. The molecule has 0 aromatic carbocycles. The van der Waals surface area contributed by atoms with Crippen molar-refractivity contribution in [1.82, 2.24) is 4.90 Å². The number of aliphatic hydroxyl groups excluding tert-OH is 1. The minimum Gasteiger partial charge on any atom is -0.393 e. The molecule has 2 unspecified atom stereocenters. The standard InChI is InChI=1S/C14H23NO/c16-14-5-4-11-8-13(9-12(11)10-14)15-6-2-1-3-7-15/h13-14,16H,1-10H2. The van der Waals surface area contributed by atoms with Gasteiger partial charge in [0.2, 0.25) is 0 Å². The van der Waals surface area contributed by atoms with Gasteiger partial charge in [-0.3, -0.25) is 4.90 Å². The molecule has 2 heteroatoms. The number of piperidine rings is 1. The molecule has 0 bridgehead atoms. The second-order valence-electron chi connectivity index (χ2n) is 5.76. The maximum Gasteiger partial charge on any atom is 0.0580 e. The Labute approximate surface area is 98.3 Å². The van der Waals surface area contributed by atoms with Crippen LogP contribution in [0, 0.1) is 0 Å². The summed E-state index contributed by atoms with van der Waals surface area (Å²) in [5.41, 5.74) is 3.30. The molecule has 1 saturated heterocycles. The average molecular weight is 221 g/mol. The van der Waals surface area contributed by atoms with E-state index in [4.69, 9.17) is 0 Å². The Hall–Kier alpha value is -0.340. The Balaban J connectivity index is 1.62. The Morgan fingerprint density at radius 3 is 2.50 bits per heavy atom. The van der Waals surface area contributed by atoms with Crippen molar-refractivity contribution < 1.29 is 5.11 Å². The molecule has 0 radical (unpaired) electrons. The minimum atomic E-state index is -0.0427. The topological polar surface area (TPSA) is 23.5 Å². The summed E-state index contributed by atoms with van der Waals surface area (Å²) in [5, 5.41) is 9.71. The van der Waals surface area contributed by atoms with Gasteiger partial charge in [0, 0.05) is 6.04 Å². The largest absolute Gasteiger partial charge is 0.393 e. The summed E-state index contributed by atoms with van der Waals surface area (Å²) >= 11 is 0. The van der Waals surface area contributed by atoms with Gasteiger partial charge < -0.3 is 5.11 Å². The summed E-state index contributed by atoms with van der Waals surface area (Å²) in [5.74, 6) is 0. The quantitative estimate of drug-likeness (QED) is 0.688. The molecular weight excluding hydrogens is 198 g/mol. The van der Waals surface area contributed by atoms with E-state index >= 15 is 0 Å². The second kappa shape index (κ2) is 4.50. The van der Waals surface area contributed by atoms with Crippen molar-refractivity contribution in [2.75, 3.05) is 13.1 Å². The molecular formula is C14H23NO. The number of aliphatic hydroxyl groups is 1. The molecule has 1 fully saturated rings. The zero-order valence-corrected chi connectivity index (χ0v) is 10.1. The lowest BCUT2D eigenvalue weighted by molar-refractivity contribution is 0.156. The second-order valence-corrected chi connectivity index (χ2v) is 5.76. The molecule has 3 rings (SSSR count). The lowest BCUT2D eigenvalue weighted by Crippen LogP contribution is -2.38. The lowest BCUT2D eigenvalue weighted by atomic mass is 9.92. The van der Waals surface area contributed by atoms with Gasteiger partial charge in [-0.1, -0.05) is 17.6 Å². The molecule has 3 aliphatic rings. The fourth-order valence-corrected chi connectivity index (χ4v) is 3.71. The molecule has 1 aliphatic heterocycles. The zero-order valence-electron chi connectivity index (χ0n) is 10.1. The maximum atomic E-state index is 9.71. The summed E-state index contributed by atoms with van der Waals surface area (Å²) in [6.45, 7) is 2.63. The molecule has 0 amide bonds. The first-order valence-corrected chi connectivity index (χ1v) is 6.95. The van der Waals surface area contributed by atoms with E-state index < -0.39 is 0 Å². The number of nitrogens with zero attached hydrogens (tertiary/aromatic N) is 1. The van der Waals surface area contributed by atoms with E-state index in [-0.39, 0.29) is 6.10 Å². The van der Waals surface area contributed by atoms with E-state index in [1.807, 2.05) is 0 Å². The zero-order chi connectivity index (χ0) is 11.0. The minimum absolute atomic E-state index is 0.0427. The van der Waals surface area contributed by atoms with Gasteiger partial charge in [-0.25, -0.2) is 0 Å². The molecule has 0 aromatic rings. The third-order valence-electron chi connectivity index (χ3n) is 4.63. The van der Waals surface area contributed by atoms with Crippen molar-refractivity contribution in [3.8, 4) is 0 Å². The van der Waals surface area contributed by atoms with Crippen LogP contribution in [0.2, 0.25) is 0 Å². The predicted molar refractivity (Wildman–Crippen MR) is 65.3 cm³/mol. The van der Waals surface area contributed by atoms with Crippen LogP contribution in [0.4, 0.5) is 0 Å². The van der Waals surface area contributed by atoms with Gasteiger partial charge in [0.1, 0.15) is 0 Å². The molecule has 0 spiro atoms. The first-order chi connectivity index (χ1) is 7.83. The van der Waals surface area contributed by atoms with Crippen molar-refractivity contribution in [3.05, 3.63) is 11.1 Å². The smallest absolute Gasteiger partial charge is 0.0580 e. The molecule has 90 valence electrons. The first kappa shape index (κ1) is 10.8. The average Bonchev–Trinajstić information content (AvgIpc) is 2.73. The molecule has 0 aromatic heterocycles. The summed E-state index contributed by atoms with van der Waals surface area (Å²) in [6, 6.07) is 0.788. The predicted octanol–water partition coefficient (Wildman–Crippen LogP) is 2.48. The third kappa shape index (κ3) is 2.05. The highest BCUT2D eigenvalue weighted by atomic mass is 16.3. The maximum absolute atomic E-state index is 9.71. The molecule has 0 saturated carbocycles. The fraction of sp³-hybridized carbons (Fsp3) is 0.857. The number of hydrogen-bond donors (Lipinski definition) is 1. The van der Waals surface area contributed by atoms with E-state index in [1.165, 1.54) is 51.6 Å². The van der Waals surface area contributed by atoms with Gasteiger partial charge in [-0.05, 0) is 58.0 Å². The molecule has 2 atom stereocenters. The van der Waals surface area contributed by atoms with Gasteiger partial charge in [-0.2, -0.15) is 0 Å². The molecule has 16 heavy (non-hydrogen) atoms. The van der Waals surface area contributed by atoms with Gasteiger partial charge in [0.15, 0.2) is 0 Å². The van der Waals surface area contributed by atoms with E-state index in [2.05, 4.69) is 4.90 Å². The van der Waals surface area contributed by atoms with Crippen LogP contribution in [0.25, 0.3) is 0 Å². The highest BCUT2D eigenvalue weighted by molar-refractivity contribution is 5.26. The van der Waals surface area contributed by atoms with Crippen LogP contribution in [-0.4, -0.2) is 35.2 Å². The van der Waals surface area contributed by atoms with E-state index in [1.54, 1.807) is 11.1 Å². The Morgan fingerprint density at radius 1 is 0.938 bits per heavy atom. The van der Waals surface area contributed by atoms with Gasteiger partial charge in [0.25, 0.3) is 0 Å². The summed E-state index contributed by atoms with van der Waals surface area (Å²) in [7, 11) is 0. The molecule has 1 N–H and O–H groups in total. The van der Waals surface area contributed by atoms with Crippen LogP contribution in [-0.2, 0) is 0 Å². The van der Waals surface area contributed by atoms with E-state index in [0.29, 0.717) is 0 Å². The third-order valence-corrected chi connectivity index (χ3v) is 4.63. The van der Waals surface area contributed by atoms with E-state index in [0.717, 1.165) is 18.9 Å². The van der Waals surface area contributed by atoms with Crippen molar-refractivity contribution in [2.45, 2.75) is 63.5 Å². The molecule has 1 heterocycles. The Bertz CT molecular complexity index is 291. The van der Waals surface area contributed by atoms with Crippen molar-refractivity contribution in [2.24, 2.45) is 0 Å².